The molecule has 1 atom stereocenters. The molecular weight excluding hydrogens is 248 g/mol. The molecule has 14 heavy (non-hydrogen) atoms. The summed E-state index contributed by atoms with van der Waals surface area (Å²) in [6.45, 7) is 3.83. The molecule has 0 bridgehead atoms. The van der Waals surface area contributed by atoms with Gasteiger partial charge in [0.15, 0.2) is 5.69 Å². The lowest BCUT2D eigenvalue weighted by atomic mass is 10.1. The predicted octanol–water partition coefficient (Wildman–Crippen LogP) is 0.806. The molecule has 5 nitrogen and oxygen atoms in total. The molecule has 0 aliphatic carbocycles. The number of nitrogens with zero attached hydrogens (tertiary/aromatic N) is 2. The summed E-state index contributed by atoms with van der Waals surface area (Å²) in [5, 5.41) is 7.33. The number of carbonyl (C=O) groups is 1. The predicted molar refractivity (Wildman–Crippen MR) is 56.1 cm³/mol. The van der Waals surface area contributed by atoms with Crippen molar-refractivity contribution >= 4 is 27.7 Å². The fourth-order valence-electron chi connectivity index (χ4n) is 1.53. The monoisotopic (exact) mass is 258 g/mol. The van der Waals surface area contributed by atoms with Crippen molar-refractivity contribution in [2.24, 2.45) is 11.7 Å². The lowest BCUT2D eigenvalue weighted by molar-refractivity contribution is 0.0994. The van der Waals surface area contributed by atoms with E-state index in [-0.39, 0.29) is 0 Å². The summed E-state index contributed by atoms with van der Waals surface area (Å²) < 4.78 is 2.44. The quantitative estimate of drug-likeness (QED) is 0.783. The molecule has 6 heteroatoms. The molecule has 0 saturated carbocycles. The number of halogens is 1. The van der Waals surface area contributed by atoms with Gasteiger partial charge in [-0.25, -0.2) is 4.68 Å². The van der Waals surface area contributed by atoms with Crippen molar-refractivity contribution in [3.05, 3.63) is 10.2 Å². The van der Waals surface area contributed by atoms with Crippen molar-refractivity contribution < 1.29 is 4.79 Å². The first kappa shape index (κ1) is 9.51. The highest BCUT2D eigenvalue weighted by Gasteiger charge is 2.23. The second kappa shape index (κ2) is 3.27. The normalized spacial score (nSPS) is 20.0. The maximum atomic E-state index is 11.0. The third kappa shape index (κ3) is 1.39. The molecule has 0 saturated heterocycles. The highest BCUT2D eigenvalue weighted by Crippen LogP contribution is 2.29. The fraction of sp³-hybridized carbons (Fsp3) is 0.500. The summed E-state index contributed by atoms with van der Waals surface area (Å²) >= 11 is 3.31. The van der Waals surface area contributed by atoms with Crippen LogP contribution in [0.1, 0.15) is 17.4 Å². The van der Waals surface area contributed by atoms with Crippen molar-refractivity contribution in [1.82, 2.24) is 9.78 Å². The maximum Gasteiger partial charge on any atom is 0.270 e. The Labute approximate surface area is 89.8 Å². The summed E-state index contributed by atoms with van der Waals surface area (Å²) in [4.78, 5) is 11.0. The van der Waals surface area contributed by atoms with E-state index in [4.69, 9.17) is 5.73 Å². The Kier molecular flexibility index (Phi) is 2.22. The van der Waals surface area contributed by atoms with Crippen LogP contribution < -0.4 is 11.1 Å². The van der Waals surface area contributed by atoms with E-state index in [9.17, 15) is 4.79 Å². The number of nitrogens with two attached hydrogens (primary N) is 1. The minimum Gasteiger partial charge on any atom is -0.369 e. The van der Waals surface area contributed by atoms with Crippen LogP contribution in [0.2, 0.25) is 0 Å². The molecule has 1 aliphatic rings. The molecule has 2 rings (SSSR count). The Bertz CT molecular complexity index is 387. The van der Waals surface area contributed by atoms with Gasteiger partial charge in [0, 0.05) is 13.1 Å². The molecule has 0 fully saturated rings. The Morgan fingerprint density at radius 3 is 3.14 bits per heavy atom. The molecule has 2 heterocycles. The van der Waals surface area contributed by atoms with Gasteiger partial charge < -0.3 is 11.1 Å². The summed E-state index contributed by atoms with van der Waals surface area (Å²) in [5.74, 6) is 0.847. The Balaban J connectivity index is 2.45. The van der Waals surface area contributed by atoms with Crippen LogP contribution in [-0.2, 0) is 6.54 Å². The van der Waals surface area contributed by atoms with Gasteiger partial charge >= 0.3 is 0 Å². The molecular formula is C8H11BrN4O. The van der Waals surface area contributed by atoms with Crippen molar-refractivity contribution in [1.29, 1.82) is 0 Å². The van der Waals surface area contributed by atoms with Gasteiger partial charge in [0.05, 0.1) is 4.47 Å². The highest BCUT2D eigenvalue weighted by atomic mass is 79.9. The molecule has 0 spiro atoms. The van der Waals surface area contributed by atoms with Gasteiger partial charge in [-0.05, 0) is 21.8 Å². The fourth-order valence-corrected chi connectivity index (χ4v) is 2.15. The molecule has 1 aromatic rings. The van der Waals surface area contributed by atoms with E-state index in [0.717, 1.165) is 18.9 Å². The largest absolute Gasteiger partial charge is 0.369 e. The highest BCUT2D eigenvalue weighted by molar-refractivity contribution is 9.10. The molecule has 1 aromatic heterocycles. The van der Waals surface area contributed by atoms with Crippen molar-refractivity contribution in [3.63, 3.8) is 0 Å². The van der Waals surface area contributed by atoms with Gasteiger partial charge in [0.1, 0.15) is 5.82 Å². The minimum absolute atomic E-state index is 0.293. The molecule has 3 N–H and O–H groups in total. The lowest BCUT2D eigenvalue weighted by Crippen LogP contribution is -2.25. The van der Waals surface area contributed by atoms with Crippen LogP contribution in [0.4, 0.5) is 5.82 Å². The number of fused-ring (bicyclic) bond motifs is 1. The first-order chi connectivity index (χ1) is 6.59. The summed E-state index contributed by atoms with van der Waals surface area (Å²) in [6, 6.07) is 0. The van der Waals surface area contributed by atoms with E-state index in [1.54, 1.807) is 4.68 Å². The molecule has 76 valence electrons. The lowest BCUT2D eigenvalue weighted by Gasteiger charge is -2.21. The Morgan fingerprint density at radius 2 is 2.50 bits per heavy atom. The van der Waals surface area contributed by atoms with Crippen molar-refractivity contribution in [2.75, 3.05) is 11.9 Å². The summed E-state index contributed by atoms with van der Waals surface area (Å²) in [6.07, 6.45) is 0. The van der Waals surface area contributed by atoms with Gasteiger partial charge in [-0.2, -0.15) is 5.10 Å². The Morgan fingerprint density at radius 1 is 1.79 bits per heavy atom. The smallest absolute Gasteiger partial charge is 0.270 e. The van der Waals surface area contributed by atoms with E-state index < -0.39 is 5.91 Å². The number of hydrogen-bond acceptors (Lipinski definition) is 3. The van der Waals surface area contributed by atoms with Crippen LogP contribution in [0, 0.1) is 5.92 Å². The second-order valence-electron chi connectivity index (χ2n) is 3.54. The zero-order valence-corrected chi connectivity index (χ0v) is 9.34. The SMILES string of the molecule is CC1CNc2c(Br)c(C(N)=O)nn2C1. The average Bonchev–Trinajstić information content (AvgIpc) is 2.43. The average molecular weight is 259 g/mol. The first-order valence-electron chi connectivity index (χ1n) is 4.39. The number of aromatic nitrogens is 2. The van der Waals surface area contributed by atoms with Gasteiger partial charge in [0.2, 0.25) is 0 Å². The molecule has 1 unspecified atom stereocenters. The summed E-state index contributed by atoms with van der Waals surface area (Å²) in [5.41, 5.74) is 5.48. The topological polar surface area (TPSA) is 72.9 Å². The van der Waals surface area contributed by atoms with Crippen LogP contribution >= 0.6 is 15.9 Å². The van der Waals surface area contributed by atoms with Crippen molar-refractivity contribution in [2.45, 2.75) is 13.5 Å². The van der Waals surface area contributed by atoms with E-state index in [1.165, 1.54) is 0 Å². The van der Waals surface area contributed by atoms with Crippen LogP contribution in [0.5, 0.6) is 0 Å². The standard InChI is InChI=1S/C8H11BrN4O/c1-4-2-11-8-5(9)6(7(10)14)12-13(8)3-4/h4,11H,2-3H2,1H3,(H2,10,14). The zero-order chi connectivity index (χ0) is 10.3. The van der Waals surface area contributed by atoms with E-state index >= 15 is 0 Å². The van der Waals surface area contributed by atoms with Gasteiger partial charge in [0.25, 0.3) is 5.91 Å². The number of primary amides is 1. The van der Waals surface area contributed by atoms with Gasteiger partial charge in [-0.15, -0.1) is 0 Å². The van der Waals surface area contributed by atoms with E-state index in [2.05, 4.69) is 33.3 Å². The third-order valence-electron chi connectivity index (χ3n) is 2.23. The van der Waals surface area contributed by atoms with Crippen LogP contribution in [0.15, 0.2) is 4.47 Å². The van der Waals surface area contributed by atoms with E-state index in [1.807, 2.05) is 0 Å². The van der Waals surface area contributed by atoms with Crippen molar-refractivity contribution in [3.8, 4) is 0 Å². The number of anilines is 1. The second-order valence-corrected chi connectivity index (χ2v) is 4.34. The van der Waals surface area contributed by atoms with E-state index in [0.29, 0.717) is 16.1 Å². The van der Waals surface area contributed by atoms with Crippen LogP contribution in [0.3, 0.4) is 0 Å². The molecule has 0 aromatic carbocycles. The third-order valence-corrected chi connectivity index (χ3v) is 2.98. The number of amides is 1. The minimum atomic E-state index is -0.506. The number of rotatable bonds is 1. The number of nitrogens with one attached hydrogen (secondary N) is 1. The van der Waals surface area contributed by atoms with Gasteiger partial charge in [-0.1, -0.05) is 6.92 Å². The van der Waals surface area contributed by atoms with Crippen LogP contribution in [0.25, 0.3) is 0 Å². The zero-order valence-electron chi connectivity index (χ0n) is 7.75. The summed E-state index contributed by atoms with van der Waals surface area (Å²) in [7, 11) is 0. The first-order valence-corrected chi connectivity index (χ1v) is 5.19. The van der Waals surface area contributed by atoms with Crippen LogP contribution in [-0.4, -0.2) is 22.2 Å². The maximum absolute atomic E-state index is 11.0. The molecule has 1 amide bonds. The Hall–Kier alpha value is -1.04. The molecule has 0 radical (unpaired) electrons. The molecule has 1 aliphatic heterocycles. The number of carbonyl (C=O) groups excluding carboxylic acids is 1. The number of hydrogen-bond donors (Lipinski definition) is 2. The van der Waals surface area contributed by atoms with Gasteiger partial charge in [-0.3, -0.25) is 4.79 Å².